The molecule has 1 aromatic carbocycles. The topological polar surface area (TPSA) is 64.4 Å². The Morgan fingerprint density at radius 1 is 1.50 bits per heavy atom. The van der Waals surface area contributed by atoms with Crippen molar-refractivity contribution in [3.8, 4) is 0 Å². The summed E-state index contributed by atoms with van der Waals surface area (Å²) in [5.74, 6) is 0. The Kier molecular flexibility index (Phi) is 6.85. The van der Waals surface area contributed by atoms with E-state index in [4.69, 9.17) is 4.74 Å². The van der Waals surface area contributed by atoms with Gasteiger partial charge in [0.05, 0.1) is 4.92 Å². The minimum absolute atomic E-state index is 0.0990. The number of nitro benzene ring substituents is 1. The number of benzene rings is 1. The van der Waals surface area contributed by atoms with Crippen molar-refractivity contribution in [2.24, 2.45) is 0 Å². The van der Waals surface area contributed by atoms with Crippen LogP contribution in [0, 0.1) is 10.1 Å². The number of nitro groups is 1. The third-order valence-corrected chi connectivity index (χ3v) is 3.15. The minimum atomic E-state index is -0.399. The van der Waals surface area contributed by atoms with Gasteiger partial charge in [-0.25, -0.2) is 0 Å². The Labute approximate surface area is 115 Å². The predicted octanol–water partition coefficient (Wildman–Crippen LogP) is 2.87. The first-order valence-electron chi connectivity index (χ1n) is 5.86. The van der Waals surface area contributed by atoms with Gasteiger partial charge in [0.2, 0.25) is 0 Å². The second-order valence-electron chi connectivity index (χ2n) is 3.76. The molecule has 1 N–H and O–H groups in total. The first-order valence-corrected chi connectivity index (χ1v) is 6.65. The second kappa shape index (κ2) is 8.18. The van der Waals surface area contributed by atoms with Gasteiger partial charge in [-0.2, -0.15) is 0 Å². The number of ether oxygens (including phenoxy) is 1. The molecule has 1 aromatic rings. The van der Waals surface area contributed by atoms with Gasteiger partial charge in [-0.05, 0) is 31.5 Å². The van der Waals surface area contributed by atoms with Crippen molar-refractivity contribution in [2.45, 2.75) is 19.9 Å². The molecule has 0 aliphatic rings. The average molecular weight is 317 g/mol. The van der Waals surface area contributed by atoms with Gasteiger partial charge in [-0.1, -0.05) is 15.9 Å². The maximum absolute atomic E-state index is 10.6. The van der Waals surface area contributed by atoms with Crippen LogP contribution < -0.4 is 5.32 Å². The molecule has 0 aliphatic carbocycles. The highest BCUT2D eigenvalue weighted by Gasteiger charge is 2.08. The van der Waals surface area contributed by atoms with Crippen LogP contribution in [0.4, 0.5) is 5.69 Å². The van der Waals surface area contributed by atoms with Crippen molar-refractivity contribution >= 4 is 21.6 Å². The highest BCUT2D eigenvalue weighted by Crippen LogP contribution is 2.22. The summed E-state index contributed by atoms with van der Waals surface area (Å²) < 4.78 is 5.99. The summed E-state index contributed by atoms with van der Waals surface area (Å²) >= 11 is 3.34. The highest BCUT2D eigenvalue weighted by atomic mass is 79.9. The SMILES string of the molecule is CCOCCCNCc1ccc([N+](=O)[O-])cc1Br. The fraction of sp³-hybridized carbons (Fsp3) is 0.500. The molecule has 0 unspecified atom stereocenters. The number of nitrogens with one attached hydrogen (secondary N) is 1. The summed E-state index contributed by atoms with van der Waals surface area (Å²) in [5, 5.41) is 13.9. The largest absolute Gasteiger partial charge is 0.382 e. The zero-order valence-corrected chi connectivity index (χ0v) is 11.9. The van der Waals surface area contributed by atoms with E-state index in [9.17, 15) is 10.1 Å². The van der Waals surface area contributed by atoms with Crippen LogP contribution >= 0.6 is 15.9 Å². The first-order chi connectivity index (χ1) is 8.65. The molecule has 0 heterocycles. The summed E-state index contributed by atoms with van der Waals surface area (Å²) in [5.41, 5.74) is 1.11. The normalized spacial score (nSPS) is 10.6. The van der Waals surface area contributed by atoms with E-state index in [1.807, 2.05) is 6.92 Å². The number of non-ortho nitro benzene ring substituents is 1. The number of hydrogen-bond donors (Lipinski definition) is 1. The first kappa shape index (κ1) is 15.1. The molecular formula is C12H17BrN2O3. The second-order valence-corrected chi connectivity index (χ2v) is 4.61. The molecule has 18 heavy (non-hydrogen) atoms. The summed E-state index contributed by atoms with van der Waals surface area (Å²) in [6, 6.07) is 4.80. The van der Waals surface area contributed by atoms with Crippen LogP contribution in [0.2, 0.25) is 0 Å². The Bertz CT molecular complexity index is 399. The van der Waals surface area contributed by atoms with Gasteiger partial charge >= 0.3 is 0 Å². The monoisotopic (exact) mass is 316 g/mol. The lowest BCUT2D eigenvalue weighted by atomic mass is 10.2. The van der Waals surface area contributed by atoms with E-state index in [-0.39, 0.29) is 5.69 Å². The van der Waals surface area contributed by atoms with E-state index < -0.39 is 4.92 Å². The minimum Gasteiger partial charge on any atom is -0.382 e. The van der Waals surface area contributed by atoms with Crippen molar-refractivity contribution in [3.05, 3.63) is 38.3 Å². The van der Waals surface area contributed by atoms with Crippen LogP contribution in [0.15, 0.2) is 22.7 Å². The van der Waals surface area contributed by atoms with Gasteiger partial charge in [0.15, 0.2) is 0 Å². The number of hydrogen-bond acceptors (Lipinski definition) is 4. The molecular weight excluding hydrogens is 300 g/mol. The van der Waals surface area contributed by atoms with Crippen LogP contribution in [0.25, 0.3) is 0 Å². The predicted molar refractivity (Wildman–Crippen MR) is 73.6 cm³/mol. The molecule has 0 spiro atoms. The van der Waals surface area contributed by atoms with E-state index in [1.54, 1.807) is 6.07 Å². The smallest absolute Gasteiger partial charge is 0.270 e. The van der Waals surface area contributed by atoms with E-state index in [2.05, 4.69) is 21.2 Å². The van der Waals surface area contributed by atoms with Crippen LogP contribution in [0.3, 0.4) is 0 Å². The van der Waals surface area contributed by atoms with E-state index >= 15 is 0 Å². The number of nitrogens with zero attached hydrogens (tertiary/aromatic N) is 1. The fourth-order valence-electron chi connectivity index (χ4n) is 1.46. The van der Waals surface area contributed by atoms with E-state index in [0.29, 0.717) is 6.54 Å². The molecule has 100 valence electrons. The maximum Gasteiger partial charge on any atom is 0.270 e. The lowest BCUT2D eigenvalue weighted by Gasteiger charge is -2.07. The Balaban J connectivity index is 2.36. The third kappa shape index (κ3) is 5.12. The number of halogens is 1. The summed E-state index contributed by atoms with van der Waals surface area (Å²) in [6.45, 7) is 5.02. The lowest BCUT2D eigenvalue weighted by molar-refractivity contribution is -0.384. The van der Waals surface area contributed by atoms with Gasteiger partial charge in [0.1, 0.15) is 0 Å². The lowest BCUT2D eigenvalue weighted by Crippen LogP contribution is -2.16. The molecule has 1 rings (SSSR count). The van der Waals surface area contributed by atoms with Gasteiger partial charge in [0.25, 0.3) is 5.69 Å². The summed E-state index contributed by atoms with van der Waals surface area (Å²) in [7, 11) is 0. The van der Waals surface area contributed by atoms with Gasteiger partial charge in [-0.3, -0.25) is 10.1 Å². The molecule has 0 radical (unpaired) electrons. The van der Waals surface area contributed by atoms with Crippen molar-refractivity contribution in [3.63, 3.8) is 0 Å². The molecule has 0 fully saturated rings. The van der Waals surface area contributed by atoms with Crippen molar-refractivity contribution in [1.82, 2.24) is 5.32 Å². The fourth-order valence-corrected chi connectivity index (χ4v) is 1.97. The molecule has 0 saturated heterocycles. The molecule has 0 amide bonds. The van der Waals surface area contributed by atoms with Gasteiger partial charge in [-0.15, -0.1) is 0 Å². The molecule has 0 aliphatic heterocycles. The maximum atomic E-state index is 10.6. The molecule has 6 heteroatoms. The quantitative estimate of drug-likeness (QED) is 0.455. The Morgan fingerprint density at radius 2 is 2.28 bits per heavy atom. The third-order valence-electron chi connectivity index (χ3n) is 2.41. The molecule has 5 nitrogen and oxygen atoms in total. The van der Waals surface area contributed by atoms with Crippen molar-refractivity contribution < 1.29 is 9.66 Å². The standard InChI is InChI=1S/C12H17BrN2O3/c1-2-18-7-3-6-14-9-10-4-5-11(15(16)17)8-12(10)13/h4-5,8,14H,2-3,6-7,9H2,1H3. The van der Waals surface area contributed by atoms with Crippen LogP contribution in [-0.4, -0.2) is 24.7 Å². The molecule has 0 bridgehead atoms. The van der Waals surface area contributed by atoms with Gasteiger partial charge < -0.3 is 10.1 Å². The van der Waals surface area contributed by atoms with E-state index in [1.165, 1.54) is 12.1 Å². The van der Waals surface area contributed by atoms with Crippen molar-refractivity contribution in [2.75, 3.05) is 19.8 Å². The summed E-state index contributed by atoms with van der Waals surface area (Å²) in [4.78, 5) is 10.2. The summed E-state index contributed by atoms with van der Waals surface area (Å²) in [6.07, 6.45) is 0.957. The number of rotatable bonds is 8. The average Bonchev–Trinajstić information content (AvgIpc) is 2.35. The molecule has 0 atom stereocenters. The van der Waals surface area contributed by atoms with Crippen LogP contribution in [-0.2, 0) is 11.3 Å². The Hall–Kier alpha value is -0.980. The van der Waals surface area contributed by atoms with Crippen molar-refractivity contribution in [1.29, 1.82) is 0 Å². The molecule has 0 aromatic heterocycles. The van der Waals surface area contributed by atoms with Gasteiger partial charge in [0, 0.05) is 36.4 Å². The Morgan fingerprint density at radius 3 is 2.89 bits per heavy atom. The zero-order chi connectivity index (χ0) is 13.4. The highest BCUT2D eigenvalue weighted by molar-refractivity contribution is 9.10. The molecule has 0 saturated carbocycles. The zero-order valence-electron chi connectivity index (χ0n) is 10.3. The van der Waals surface area contributed by atoms with E-state index in [0.717, 1.165) is 36.2 Å². The van der Waals surface area contributed by atoms with Crippen LogP contribution in [0.5, 0.6) is 0 Å². The van der Waals surface area contributed by atoms with Crippen LogP contribution in [0.1, 0.15) is 18.9 Å².